The molecule has 2 aliphatic heterocycles. The van der Waals surface area contributed by atoms with Gasteiger partial charge < -0.3 is 10.6 Å². The second-order valence-electron chi connectivity index (χ2n) is 5.33. The summed E-state index contributed by atoms with van der Waals surface area (Å²) in [5.74, 6) is 0.0715. The molecule has 2 fully saturated rings. The molecule has 0 bridgehead atoms. The molecule has 0 spiro atoms. The number of nitrogens with two attached hydrogens (primary N) is 1. The van der Waals surface area contributed by atoms with E-state index in [1.807, 2.05) is 0 Å². The Morgan fingerprint density at radius 2 is 1.84 bits per heavy atom. The van der Waals surface area contributed by atoms with Gasteiger partial charge in [0.1, 0.15) is 0 Å². The normalized spacial score (nSPS) is 26.8. The summed E-state index contributed by atoms with van der Waals surface area (Å²) in [6.07, 6.45) is 2.14. The van der Waals surface area contributed by atoms with Crippen LogP contribution in [0, 0.1) is 0 Å². The van der Waals surface area contributed by atoms with Crippen molar-refractivity contribution in [3.05, 3.63) is 0 Å². The number of amides is 1. The molecule has 2 heterocycles. The number of sulfonamides is 1. The van der Waals surface area contributed by atoms with Crippen LogP contribution in [-0.2, 0) is 14.8 Å². The molecule has 0 aromatic rings. The molecule has 2 rings (SSSR count). The Bertz CT molecular complexity index is 431. The maximum Gasteiger partial charge on any atom is 0.236 e. The standard InChI is InChI=1S/C11H22N4O3S/c1-19(17,18)15-6-4-14(5-7-15)11(16)9-13-3-2-10(12)8-13/h10H,2-9,12H2,1H3/t10-/m1/s1. The van der Waals surface area contributed by atoms with Gasteiger partial charge in [-0.25, -0.2) is 8.42 Å². The van der Waals surface area contributed by atoms with Crippen LogP contribution >= 0.6 is 0 Å². The van der Waals surface area contributed by atoms with E-state index >= 15 is 0 Å². The predicted molar refractivity (Wildman–Crippen MR) is 72.0 cm³/mol. The van der Waals surface area contributed by atoms with Gasteiger partial charge in [0.05, 0.1) is 12.8 Å². The Labute approximate surface area is 114 Å². The van der Waals surface area contributed by atoms with Gasteiger partial charge in [0.25, 0.3) is 0 Å². The number of piperazine rings is 1. The molecule has 1 atom stereocenters. The van der Waals surface area contributed by atoms with Crippen LogP contribution in [-0.4, -0.2) is 86.5 Å². The first kappa shape index (κ1) is 14.7. The average molecular weight is 290 g/mol. The molecule has 0 radical (unpaired) electrons. The molecule has 1 amide bonds. The van der Waals surface area contributed by atoms with Crippen molar-refractivity contribution in [2.24, 2.45) is 5.73 Å². The molecular formula is C11H22N4O3S. The molecule has 0 aromatic carbocycles. The quantitative estimate of drug-likeness (QED) is 0.657. The number of hydrogen-bond acceptors (Lipinski definition) is 5. The maximum absolute atomic E-state index is 12.1. The van der Waals surface area contributed by atoms with Crippen molar-refractivity contribution in [2.75, 3.05) is 52.1 Å². The van der Waals surface area contributed by atoms with Crippen LogP contribution in [0.25, 0.3) is 0 Å². The van der Waals surface area contributed by atoms with Gasteiger partial charge in [0.15, 0.2) is 0 Å². The van der Waals surface area contributed by atoms with Gasteiger partial charge in [-0.05, 0) is 6.42 Å². The highest BCUT2D eigenvalue weighted by molar-refractivity contribution is 7.88. The largest absolute Gasteiger partial charge is 0.339 e. The number of likely N-dealkylation sites (tertiary alicyclic amines) is 1. The zero-order chi connectivity index (χ0) is 14.0. The molecular weight excluding hydrogens is 268 g/mol. The Morgan fingerprint density at radius 3 is 2.32 bits per heavy atom. The number of rotatable bonds is 3. The van der Waals surface area contributed by atoms with E-state index in [1.54, 1.807) is 4.90 Å². The minimum absolute atomic E-state index is 0.0715. The molecule has 2 saturated heterocycles. The van der Waals surface area contributed by atoms with E-state index in [0.717, 1.165) is 19.5 Å². The van der Waals surface area contributed by atoms with Crippen molar-refractivity contribution < 1.29 is 13.2 Å². The molecule has 110 valence electrons. The number of carbonyl (C=O) groups is 1. The second kappa shape index (κ2) is 5.74. The van der Waals surface area contributed by atoms with Crippen molar-refractivity contribution in [1.29, 1.82) is 0 Å². The molecule has 0 unspecified atom stereocenters. The van der Waals surface area contributed by atoms with Gasteiger partial charge in [-0.1, -0.05) is 0 Å². The lowest BCUT2D eigenvalue weighted by atomic mass is 10.3. The lowest BCUT2D eigenvalue weighted by Gasteiger charge is -2.34. The third kappa shape index (κ3) is 3.88. The van der Waals surface area contributed by atoms with Gasteiger partial charge in [-0.2, -0.15) is 4.31 Å². The summed E-state index contributed by atoms with van der Waals surface area (Å²) in [6.45, 7) is 3.78. The second-order valence-corrected chi connectivity index (χ2v) is 7.31. The Balaban J connectivity index is 1.79. The van der Waals surface area contributed by atoms with Crippen LogP contribution in [0.4, 0.5) is 0 Å². The predicted octanol–water partition coefficient (Wildman–Crippen LogP) is -1.88. The average Bonchev–Trinajstić information content (AvgIpc) is 2.74. The summed E-state index contributed by atoms with van der Waals surface area (Å²) in [5, 5.41) is 0. The Morgan fingerprint density at radius 1 is 1.21 bits per heavy atom. The zero-order valence-corrected chi connectivity index (χ0v) is 12.1. The fourth-order valence-corrected chi connectivity index (χ4v) is 3.39. The minimum Gasteiger partial charge on any atom is -0.339 e. The van der Waals surface area contributed by atoms with Crippen LogP contribution in [0.2, 0.25) is 0 Å². The van der Waals surface area contributed by atoms with Gasteiger partial charge in [-0.3, -0.25) is 9.69 Å². The SMILES string of the molecule is CS(=O)(=O)N1CCN(C(=O)CN2CC[C@@H](N)C2)CC1. The van der Waals surface area contributed by atoms with E-state index in [2.05, 4.69) is 4.90 Å². The first-order chi connectivity index (χ1) is 8.86. The molecule has 2 N–H and O–H groups in total. The molecule has 0 aliphatic carbocycles. The minimum atomic E-state index is -3.14. The lowest BCUT2D eigenvalue weighted by Crippen LogP contribution is -2.52. The molecule has 7 nitrogen and oxygen atoms in total. The smallest absolute Gasteiger partial charge is 0.236 e. The van der Waals surface area contributed by atoms with Crippen LogP contribution < -0.4 is 5.73 Å². The topological polar surface area (TPSA) is 87.0 Å². The number of carbonyl (C=O) groups excluding carboxylic acids is 1. The summed E-state index contributed by atoms with van der Waals surface area (Å²) < 4.78 is 24.2. The van der Waals surface area contributed by atoms with Gasteiger partial charge in [-0.15, -0.1) is 0 Å². The summed E-state index contributed by atoms with van der Waals surface area (Å²) in [7, 11) is -3.14. The first-order valence-corrected chi connectivity index (χ1v) is 8.42. The Kier molecular flexibility index (Phi) is 4.44. The van der Waals surface area contributed by atoms with E-state index in [1.165, 1.54) is 10.6 Å². The van der Waals surface area contributed by atoms with E-state index in [4.69, 9.17) is 5.73 Å². The number of nitrogens with zero attached hydrogens (tertiary/aromatic N) is 3. The third-order valence-electron chi connectivity index (χ3n) is 3.73. The summed E-state index contributed by atoms with van der Waals surface area (Å²) in [5.41, 5.74) is 5.81. The summed E-state index contributed by atoms with van der Waals surface area (Å²) in [6, 6.07) is 0.176. The van der Waals surface area contributed by atoms with Gasteiger partial charge >= 0.3 is 0 Å². The summed E-state index contributed by atoms with van der Waals surface area (Å²) >= 11 is 0. The maximum atomic E-state index is 12.1. The van der Waals surface area contributed by atoms with Crippen LogP contribution in [0.3, 0.4) is 0 Å². The van der Waals surface area contributed by atoms with E-state index in [0.29, 0.717) is 32.7 Å². The van der Waals surface area contributed by atoms with E-state index in [9.17, 15) is 13.2 Å². The van der Waals surface area contributed by atoms with Crippen molar-refractivity contribution in [1.82, 2.24) is 14.1 Å². The van der Waals surface area contributed by atoms with Crippen molar-refractivity contribution >= 4 is 15.9 Å². The fourth-order valence-electron chi connectivity index (χ4n) is 2.57. The first-order valence-electron chi connectivity index (χ1n) is 6.57. The van der Waals surface area contributed by atoms with Crippen LogP contribution in [0.15, 0.2) is 0 Å². The highest BCUT2D eigenvalue weighted by atomic mass is 32.2. The highest BCUT2D eigenvalue weighted by Gasteiger charge is 2.28. The Hall–Kier alpha value is -0.700. The monoisotopic (exact) mass is 290 g/mol. The van der Waals surface area contributed by atoms with Gasteiger partial charge in [0, 0.05) is 45.3 Å². The highest BCUT2D eigenvalue weighted by Crippen LogP contribution is 2.10. The summed E-state index contributed by atoms with van der Waals surface area (Å²) in [4.78, 5) is 15.9. The fraction of sp³-hybridized carbons (Fsp3) is 0.909. The van der Waals surface area contributed by atoms with Crippen molar-refractivity contribution in [2.45, 2.75) is 12.5 Å². The van der Waals surface area contributed by atoms with Crippen molar-refractivity contribution in [3.8, 4) is 0 Å². The lowest BCUT2D eigenvalue weighted by molar-refractivity contribution is -0.133. The molecule has 2 aliphatic rings. The van der Waals surface area contributed by atoms with Crippen LogP contribution in [0.5, 0.6) is 0 Å². The molecule has 0 saturated carbocycles. The molecule has 19 heavy (non-hydrogen) atoms. The van der Waals surface area contributed by atoms with Crippen LogP contribution in [0.1, 0.15) is 6.42 Å². The van der Waals surface area contributed by atoms with E-state index in [-0.39, 0.29) is 11.9 Å². The molecule has 8 heteroatoms. The van der Waals surface area contributed by atoms with E-state index < -0.39 is 10.0 Å². The zero-order valence-electron chi connectivity index (χ0n) is 11.3. The van der Waals surface area contributed by atoms with Gasteiger partial charge in [0.2, 0.25) is 15.9 Å². The molecule has 0 aromatic heterocycles. The number of hydrogen-bond donors (Lipinski definition) is 1. The third-order valence-corrected chi connectivity index (χ3v) is 5.03. The van der Waals surface area contributed by atoms with Crippen molar-refractivity contribution in [3.63, 3.8) is 0 Å².